The molecule has 0 fully saturated rings. The summed E-state index contributed by atoms with van der Waals surface area (Å²) in [4.78, 5) is 17.6. The van der Waals surface area contributed by atoms with Crippen molar-refractivity contribution >= 4 is 44.0 Å². The zero-order chi connectivity index (χ0) is 22.7. The lowest BCUT2D eigenvalue weighted by Gasteiger charge is -2.12. The van der Waals surface area contributed by atoms with Gasteiger partial charge in [0, 0.05) is 17.0 Å². The molecule has 0 aliphatic rings. The Morgan fingerprint density at radius 2 is 1.72 bits per heavy atom. The van der Waals surface area contributed by atoms with Crippen LogP contribution in [0.25, 0.3) is 21.3 Å². The third-order valence-corrected chi connectivity index (χ3v) is 6.56. The van der Waals surface area contributed by atoms with E-state index in [1.807, 2.05) is 69.3 Å². The predicted molar refractivity (Wildman–Crippen MR) is 136 cm³/mol. The molecule has 0 aliphatic carbocycles. The van der Waals surface area contributed by atoms with E-state index in [9.17, 15) is 4.79 Å². The molecule has 0 atom stereocenters. The van der Waals surface area contributed by atoms with Crippen molar-refractivity contribution in [2.24, 2.45) is 5.10 Å². The molecule has 0 bridgehead atoms. The van der Waals surface area contributed by atoms with E-state index >= 15 is 0 Å². The number of anilines is 2. The average Bonchev–Trinajstić information content (AvgIpc) is 3.23. The molecular formula is C26H26N4OS. The molecule has 3 aromatic carbocycles. The number of nitrogens with zero attached hydrogens (tertiary/aromatic N) is 2. The number of aromatic nitrogens is 1. The van der Waals surface area contributed by atoms with Crippen LogP contribution in [-0.4, -0.2) is 16.6 Å². The minimum Gasteiger partial charge on any atom is -0.321 e. The van der Waals surface area contributed by atoms with Gasteiger partial charge in [-0.2, -0.15) is 5.10 Å². The lowest BCUT2D eigenvalue weighted by Crippen LogP contribution is -2.13. The van der Waals surface area contributed by atoms with Crippen LogP contribution in [-0.2, 0) is 0 Å². The van der Waals surface area contributed by atoms with E-state index in [4.69, 9.17) is 0 Å². The monoisotopic (exact) mass is 442 g/mol. The second kappa shape index (κ2) is 9.32. The van der Waals surface area contributed by atoms with Gasteiger partial charge >= 0.3 is 0 Å². The topological polar surface area (TPSA) is 66.4 Å². The molecule has 1 amide bonds. The highest BCUT2D eigenvalue weighted by Gasteiger charge is 2.15. The average molecular weight is 443 g/mol. The second-order valence-corrected chi connectivity index (χ2v) is 8.77. The Balaban J connectivity index is 1.57. The van der Waals surface area contributed by atoms with E-state index in [0.717, 1.165) is 55.4 Å². The van der Waals surface area contributed by atoms with Gasteiger partial charge < -0.3 is 5.32 Å². The molecule has 0 saturated heterocycles. The first kappa shape index (κ1) is 21.7. The normalized spacial score (nSPS) is 11.6. The lowest BCUT2D eigenvalue weighted by molar-refractivity contribution is 0.102. The molecule has 2 N–H and O–H groups in total. The van der Waals surface area contributed by atoms with Gasteiger partial charge in [0.2, 0.25) is 5.13 Å². The zero-order valence-corrected chi connectivity index (χ0v) is 19.5. The summed E-state index contributed by atoms with van der Waals surface area (Å²) in [5.74, 6) is -0.124. The summed E-state index contributed by atoms with van der Waals surface area (Å²) in [6, 6.07) is 19.8. The Morgan fingerprint density at radius 3 is 2.41 bits per heavy atom. The zero-order valence-electron chi connectivity index (χ0n) is 18.7. The first-order chi connectivity index (χ1) is 15.5. The number of nitrogens with one attached hydrogen (secondary N) is 2. The molecule has 1 heterocycles. The Morgan fingerprint density at radius 1 is 1.03 bits per heavy atom. The maximum Gasteiger partial charge on any atom is 0.255 e. The van der Waals surface area contributed by atoms with Crippen LogP contribution in [0.5, 0.6) is 0 Å². The van der Waals surface area contributed by atoms with E-state index in [0.29, 0.717) is 5.56 Å². The molecule has 162 valence electrons. The highest BCUT2D eigenvalue weighted by molar-refractivity contribution is 7.22. The van der Waals surface area contributed by atoms with Gasteiger partial charge in [-0.1, -0.05) is 60.7 Å². The van der Waals surface area contributed by atoms with Crippen molar-refractivity contribution in [3.63, 3.8) is 0 Å². The molecular weight excluding hydrogens is 416 g/mol. The number of fused-ring (bicyclic) bond motifs is 1. The van der Waals surface area contributed by atoms with Crippen molar-refractivity contribution < 1.29 is 4.79 Å². The lowest BCUT2D eigenvalue weighted by atomic mass is 10.0. The van der Waals surface area contributed by atoms with Crippen LogP contribution in [0.2, 0.25) is 0 Å². The van der Waals surface area contributed by atoms with Crippen LogP contribution >= 0.6 is 11.3 Å². The minimum atomic E-state index is -0.124. The number of rotatable bonds is 6. The number of amides is 1. The number of carbonyl (C=O) groups excluding carboxylic acids is 1. The fraction of sp³-hybridized carbons (Fsp3) is 0.192. The number of hydrazone groups is 1. The first-order valence-electron chi connectivity index (χ1n) is 10.6. The highest BCUT2D eigenvalue weighted by Crippen LogP contribution is 2.35. The predicted octanol–water partition coefficient (Wildman–Crippen LogP) is 7.03. The van der Waals surface area contributed by atoms with E-state index in [1.165, 1.54) is 0 Å². The van der Waals surface area contributed by atoms with Crippen LogP contribution in [0.15, 0.2) is 65.8 Å². The van der Waals surface area contributed by atoms with E-state index in [2.05, 4.69) is 39.9 Å². The van der Waals surface area contributed by atoms with Gasteiger partial charge in [-0.3, -0.25) is 10.2 Å². The maximum atomic E-state index is 13.0. The third-order valence-electron chi connectivity index (χ3n) is 5.46. The standard InChI is InChI=1S/C26H26N4OS/c1-5-17(3)29-30-26-27-22-15-16(2)23(18(4)24(22)32-26)28-25(31)21-13-11-20(12-14-21)19-9-7-6-8-10-19/h6-15H,5H2,1-4H3,(H,27,30)(H,28,31)/b29-17-. The van der Waals surface area contributed by atoms with Crippen LogP contribution in [0.1, 0.15) is 41.8 Å². The van der Waals surface area contributed by atoms with Gasteiger partial charge in [0.05, 0.1) is 10.2 Å². The molecule has 6 heteroatoms. The third kappa shape index (κ3) is 4.55. The summed E-state index contributed by atoms with van der Waals surface area (Å²) in [5.41, 5.74) is 10.6. The largest absolute Gasteiger partial charge is 0.321 e. The number of hydrogen-bond acceptors (Lipinski definition) is 5. The summed E-state index contributed by atoms with van der Waals surface area (Å²) in [5, 5.41) is 8.20. The maximum absolute atomic E-state index is 13.0. The van der Waals surface area contributed by atoms with E-state index in [-0.39, 0.29) is 5.91 Å². The van der Waals surface area contributed by atoms with Crippen molar-refractivity contribution in [3.8, 4) is 11.1 Å². The van der Waals surface area contributed by atoms with Crippen molar-refractivity contribution in [3.05, 3.63) is 77.4 Å². The summed E-state index contributed by atoms with van der Waals surface area (Å²) >= 11 is 1.54. The fourth-order valence-electron chi connectivity index (χ4n) is 3.48. The number of benzene rings is 3. The number of hydrogen-bond donors (Lipinski definition) is 2. The van der Waals surface area contributed by atoms with Crippen molar-refractivity contribution in [2.45, 2.75) is 34.1 Å². The Labute approximate surface area is 192 Å². The molecule has 0 spiro atoms. The van der Waals surface area contributed by atoms with Crippen molar-refractivity contribution in [2.75, 3.05) is 10.7 Å². The molecule has 0 saturated carbocycles. The quantitative estimate of drug-likeness (QED) is 0.249. The Kier molecular flexibility index (Phi) is 6.32. The summed E-state index contributed by atoms with van der Waals surface area (Å²) < 4.78 is 1.04. The molecule has 5 nitrogen and oxygen atoms in total. The number of aryl methyl sites for hydroxylation is 2. The molecule has 1 aromatic heterocycles. The molecule has 4 rings (SSSR count). The highest BCUT2D eigenvalue weighted by atomic mass is 32.1. The van der Waals surface area contributed by atoms with Crippen LogP contribution in [0.4, 0.5) is 10.8 Å². The van der Waals surface area contributed by atoms with Gasteiger partial charge in [-0.15, -0.1) is 0 Å². The SMILES string of the molecule is CC/C(C)=N\Nc1nc2cc(C)c(NC(=O)c3ccc(-c4ccccc4)cc3)c(C)c2s1. The number of carbonyl (C=O) groups is 1. The van der Waals surface area contributed by atoms with Crippen molar-refractivity contribution in [1.82, 2.24) is 4.98 Å². The van der Waals surface area contributed by atoms with E-state index in [1.54, 1.807) is 11.3 Å². The molecule has 0 unspecified atom stereocenters. The van der Waals surface area contributed by atoms with Gasteiger partial charge in [0.25, 0.3) is 5.91 Å². The Bertz CT molecular complexity index is 1290. The van der Waals surface area contributed by atoms with Crippen LogP contribution < -0.4 is 10.7 Å². The molecule has 32 heavy (non-hydrogen) atoms. The van der Waals surface area contributed by atoms with Gasteiger partial charge in [0.1, 0.15) is 0 Å². The summed E-state index contributed by atoms with van der Waals surface area (Å²) in [7, 11) is 0. The second-order valence-electron chi connectivity index (χ2n) is 7.77. The molecule has 0 radical (unpaired) electrons. The summed E-state index contributed by atoms with van der Waals surface area (Å²) in [6.45, 7) is 8.06. The van der Waals surface area contributed by atoms with Gasteiger partial charge in [-0.05, 0) is 67.6 Å². The molecule has 4 aromatic rings. The minimum absolute atomic E-state index is 0.124. The van der Waals surface area contributed by atoms with Crippen molar-refractivity contribution in [1.29, 1.82) is 0 Å². The molecule has 0 aliphatic heterocycles. The summed E-state index contributed by atoms with van der Waals surface area (Å²) in [6.07, 6.45) is 0.887. The Hall–Kier alpha value is -3.51. The van der Waals surface area contributed by atoms with Crippen LogP contribution in [0.3, 0.4) is 0 Å². The van der Waals surface area contributed by atoms with E-state index < -0.39 is 0 Å². The number of thiazole rings is 1. The van der Waals surface area contributed by atoms with Crippen LogP contribution in [0, 0.1) is 13.8 Å². The smallest absolute Gasteiger partial charge is 0.255 e. The first-order valence-corrected chi connectivity index (χ1v) is 11.4. The van der Waals surface area contributed by atoms with Gasteiger partial charge in [0.15, 0.2) is 0 Å². The van der Waals surface area contributed by atoms with Gasteiger partial charge in [-0.25, -0.2) is 4.98 Å². The fourth-order valence-corrected chi connectivity index (χ4v) is 4.37.